The van der Waals surface area contributed by atoms with Crippen molar-refractivity contribution in [1.82, 2.24) is 10.2 Å². The number of nitrogens with zero attached hydrogens (tertiary/aromatic N) is 1. The molecule has 1 aliphatic heterocycles. The quantitative estimate of drug-likeness (QED) is 0.898. The number of rotatable bonds is 4. The standard InChI is InChI=1S/C19H32N2/c1-14(2)20-13-17-8-6-7-11-21(5)19(17)18-12-15(3)9-10-16(18)4/h9-10,12,14,17,19-20H,6-8,11,13H2,1-5H3. The smallest absolute Gasteiger partial charge is 0.0388 e. The van der Waals surface area contributed by atoms with Gasteiger partial charge in [-0.3, -0.25) is 4.90 Å². The lowest BCUT2D eigenvalue weighted by molar-refractivity contribution is 0.186. The summed E-state index contributed by atoms with van der Waals surface area (Å²) >= 11 is 0. The molecule has 2 unspecified atom stereocenters. The van der Waals surface area contributed by atoms with Crippen LogP contribution in [0.4, 0.5) is 0 Å². The van der Waals surface area contributed by atoms with Gasteiger partial charge in [0.1, 0.15) is 0 Å². The molecule has 0 amide bonds. The molecule has 0 aromatic heterocycles. The van der Waals surface area contributed by atoms with Crippen LogP contribution < -0.4 is 5.32 Å². The maximum Gasteiger partial charge on any atom is 0.0388 e. The highest BCUT2D eigenvalue weighted by atomic mass is 15.1. The number of hydrogen-bond donors (Lipinski definition) is 1. The Kier molecular flexibility index (Phi) is 5.83. The molecule has 2 atom stereocenters. The van der Waals surface area contributed by atoms with Gasteiger partial charge < -0.3 is 5.32 Å². The van der Waals surface area contributed by atoms with Crippen LogP contribution in [0.25, 0.3) is 0 Å². The van der Waals surface area contributed by atoms with E-state index >= 15 is 0 Å². The predicted octanol–water partition coefficient (Wildman–Crippen LogP) is 4.07. The Morgan fingerprint density at radius 2 is 2.00 bits per heavy atom. The molecule has 21 heavy (non-hydrogen) atoms. The SMILES string of the molecule is Cc1ccc(C)c(C2C(CNC(C)C)CCCCN2C)c1. The summed E-state index contributed by atoms with van der Waals surface area (Å²) in [6.45, 7) is 11.3. The first-order valence-electron chi connectivity index (χ1n) is 8.50. The van der Waals surface area contributed by atoms with E-state index in [2.05, 4.69) is 63.2 Å². The van der Waals surface area contributed by atoms with Crippen molar-refractivity contribution >= 4 is 0 Å². The fourth-order valence-electron chi connectivity index (χ4n) is 3.60. The molecule has 0 aliphatic carbocycles. The molecule has 1 saturated heterocycles. The molecule has 1 aromatic carbocycles. The van der Waals surface area contributed by atoms with E-state index in [0.717, 1.165) is 6.54 Å². The minimum atomic E-state index is 0.554. The number of likely N-dealkylation sites (tertiary alicyclic amines) is 1. The molecular formula is C19H32N2. The van der Waals surface area contributed by atoms with Crippen LogP contribution >= 0.6 is 0 Å². The molecule has 1 fully saturated rings. The first-order valence-corrected chi connectivity index (χ1v) is 8.50. The number of aryl methyl sites for hydroxylation is 2. The average molecular weight is 288 g/mol. The van der Waals surface area contributed by atoms with E-state index in [-0.39, 0.29) is 0 Å². The Balaban J connectivity index is 2.29. The second kappa shape index (κ2) is 7.42. The predicted molar refractivity (Wildman–Crippen MR) is 91.8 cm³/mol. The van der Waals surface area contributed by atoms with E-state index in [1.807, 2.05) is 0 Å². The molecule has 1 heterocycles. The van der Waals surface area contributed by atoms with Gasteiger partial charge in [-0.15, -0.1) is 0 Å². The van der Waals surface area contributed by atoms with Crippen LogP contribution in [0, 0.1) is 19.8 Å². The van der Waals surface area contributed by atoms with Crippen molar-refractivity contribution in [2.24, 2.45) is 5.92 Å². The topological polar surface area (TPSA) is 15.3 Å². The molecular weight excluding hydrogens is 256 g/mol. The zero-order valence-electron chi connectivity index (χ0n) is 14.4. The molecule has 2 rings (SSSR count). The Morgan fingerprint density at radius 3 is 2.71 bits per heavy atom. The van der Waals surface area contributed by atoms with Gasteiger partial charge in [0.05, 0.1) is 0 Å². The molecule has 0 saturated carbocycles. The monoisotopic (exact) mass is 288 g/mol. The lowest BCUT2D eigenvalue weighted by Crippen LogP contribution is -2.37. The summed E-state index contributed by atoms with van der Waals surface area (Å²) in [5, 5.41) is 3.67. The number of hydrogen-bond acceptors (Lipinski definition) is 2. The second-order valence-corrected chi connectivity index (χ2v) is 7.10. The van der Waals surface area contributed by atoms with Gasteiger partial charge >= 0.3 is 0 Å². The van der Waals surface area contributed by atoms with Gasteiger partial charge in [0, 0.05) is 18.6 Å². The van der Waals surface area contributed by atoms with Crippen molar-refractivity contribution in [3.63, 3.8) is 0 Å². The van der Waals surface area contributed by atoms with Gasteiger partial charge in [-0.2, -0.15) is 0 Å². The van der Waals surface area contributed by atoms with Crippen LogP contribution in [0.2, 0.25) is 0 Å². The van der Waals surface area contributed by atoms with Crippen LogP contribution in [0.15, 0.2) is 18.2 Å². The highest BCUT2D eigenvalue weighted by Crippen LogP contribution is 2.35. The van der Waals surface area contributed by atoms with Crippen molar-refractivity contribution in [2.45, 2.75) is 59.0 Å². The lowest BCUT2D eigenvalue weighted by Gasteiger charge is -2.34. The van der Waals surface area contributed by atoms with E-state index in [4.69, 9.17) is 0 Å². The fraction of sp³-hybridized carbons (Fsp3) is 0.684. The summed E-state index contributed by atoms with van der Waals surface area (Å²) in [5.41, 5.74) is 4.35. The zero-order chi connectivity index (χ0) is 15.4. The highest BCUT2D eigenvalue weighted by molar-refractivity contribution is 5.33. The largest absolute Gasteiger partial charge is 0.314 e. The van der Waals surface area contributed by atoms with Gasteiger partial charge in [0.15, 0.2) is 0 Å². The Labute approximate surface area is 130 Å². The van der Waals surface area contributed by atoms with Crippen molar-refractivity contribution in [3.05, 3.63) is 34.9 Å². The molecule has 118 valence electrons. The van der Waals surface area contributed by atoms with Crippen LogP contribution in [0.3, 0.4) is 0 Å². The molecule has 1 aromatic rings. The zero-order valence-corrected chi connectivity index (χ0v) is 14.4. The lowest BCUT2D eigenvalue weighted by atomic mass is 9.86. The summed E-state index contributed by atoms with van der Waals surface area (Å²) in [4.78, 5) is 2.58. The van der Waals surface area contributed by atoms with Gasteiger partial charge in [-0.25, -0.2) is 0 Å². The number of nitrogens with one attached hydrogen (secondary N) is 1. The van der Waals surface area contributed by atoms with Crippen LogP contribution in [-0.4, -0.2) is 31.1 Å². The Hall–Kier alpha value is -0.860. The molecule has 0 spiro atoms. The first kappa shape index (κ1) is 16.5. The second-order valence-electron chi connectivity index (χ2n) is 7.10. The van der Waals surface area contributed by atoms with Gasteiger partial charge in [0.2, 0.25) is 0 Å². The third kappa shape index (κ3) is 4.31. The van der Waals surface area contributed by atoms with E-state index in [1.165, 1.54) is 42.5 Å². The highest BCUT2D eigenvalue weighted by Gasteiger charge is 2.29. The third-order valence-corrected chi connectivity index (χ3v) is 4.80. The van der Waals surface area contributed by atoms with E-state index in [1.54, 1.807) is 0 Å². The number of benzene rings is 1. The summed E-state index contributed by atoms with van der Waals surface area (Å²) in [6, 6.07) is 8.05. The van der Waals surface area contributed by atoms with Crippen LogP contribution in [0.5, 0.6) is 0 Å². The molecule has 0 bridgehead atoms. The van der Waals surface area contributed by atoms with E-state index in [9.17, 15) is 0 Å². The Morgan fingerprint density at radius 1 is 1.24 bits per heavy atom. The van der Waals surface area contributed by atoms with Gasteiger partial charge in [-0.1, -0.05) is 44.0 Å². The molecule has 1 N–H and O–H groups in total. The van der Waals surface area contributed by atoms with Gasteiger partial charge in [0.25, 0.3) is 0 Å². The maximum atomic E-state index is 3.67. The fourth-order valence-corrected chi connectivity index (χ4v) is 3.60. The third-order valence-electron chi connectivity index (χ3n) is 4.80. The summed E-state index contributed by atoms with van der Waals surface area (Å²) < 4.78 is 0. The summed E-state index contributed by atoms with van der Waals surface area (Å²) in [7, 11) is 2.31. The summed E-state index contributed by atoms with van der Waals surface area (Å²) in [6.07, 6.45) is 4.02. The molecule has 0 radical (unpaired) electrons. The summed E-state index contributed by atoms with van der Waals surface area (Å²) in [5.74, 6) is 0.709. The van der Waals surface area contributed by atoms with Gasteiger partial charge in [-0.05, 0) is 57.3 Å². The Bertz CT molecular complexity index is 453. The maximum absolute atomic E-state index is 3.67. The molecule has 1 aliphatic rings. The van der Waals surface area contributed by atoms with E-state index < -0.39 is 0 Å². The van der Waals surface area contributed by atoms with Crippen molar-refractivity contribution in [2.75, 3.05) is 20.1 Å². The average Bonchev–Trinajstić information content (AvgIpc) is 2.61. The van der Waals surface area contributed by atoms with Crippen molar-refractivity contribution < 1.29 is 0 Å². The van der Waals surface area contributed by atoms with Crippen molar-refractivity contribution in [3.8, 4) is 0 Å². The normalized spacial score (nSPS) is 24.3. The minimum absolute atomic E-state index is 0.554. The van der Waals surface area contributed by atoms with Crippen LogP contribution in [0.1, 0.15) is 55.8 Å². The van der Waals surface area contributed by atoms with Crippen molar-refractivity contribution in [1.29, 1.82) is 0 Å². The molecule has 2 nitrogen and oxygen atoms in total. The minimum Gasteiger partial charge on any atom is -0.314 e. The first-order chi connectivity index (χ1) is 9.99. The van der Waals surface area contributed by atoms with Crippen LogP contribution in [-0.2, 0) is 0 Å². The molecule has 2 heteroatoms. The van der Waals surface area contributed by atoms with E-state index in [0.29, 0.717) is 18.0 Å².